The van der Waals surface area contributed by atoms with E-state index in [-0.39, 0.29) is 12.2 Å². The van der Waals surface area contributed by atoms with Crippen molar-refractivity contribution in [2.24, 2.45) is 0 Å². The van der Waals surface area contributed by atoms with E-state index in [9.17, 15) is 8.42 Å². The molecule has 1 unspecified atom stereocenters. The minimum Gasteiger partial charge on any atom is -0.362 e. The number of piperidine rings is 1. The Balaban J connectivity index is 1.50. The first-order valence-electron chi connectivity index (χ1n) is 12.3. The largest absolute Gasteiger partial charge is 0.362 e. The summed E-state index contributed by atoms with van der Waals surface area (Å²) >= 11 is 0. The Morgan fingerprint density at radius 2 is 1.74 bits per heavy atom. The molecule has 0 aliphatic carbocycles. The van der Waals surface area contributed by atoms with Crippen molar-refractivity contribution in [2.75, 3.05) is 26.4 Å². The Bertz CT molecular complexity index is 1330. The van der Waals surface area contributed by atoms with Crippen LogP contribution in [0.2, 0.25) is 0 Å². The Morgan fingerprint density at radius 3 is 2.46 bits per heavy atom. The van der Waals surface area contributed by atoms with E-state index in [1.165, 1.54) is 22.8 Å². The van der Waals surface area contributed by atoms with Crippen LogP contribution in [0.3, 0.4) is 0 Å². The van der Waals surface area contributed by atoms with Crippen LogP contribution in [0.25, 0.3) is 17.3 Å². The fourth-order valence-electron chi connectivity index (χ4n) is 5.10. The van der Waals surface area contributed by atoms with Crippen molar-refractivity contribution in [1.29, 1.82) is 0 Å². The van der Waals surface area contributed by atoms with E-state index < -0.39 is 9.84 Å². The molecule has 0 spiro atoms. The number of aryl methyl sites for hydroxylation is 1. The van der Waals surface area contributed by atoms with Gasteiger partial charge in [0.2, 0.25) is 0 Å². The second-order valence-electron chi connectivity index (χ2n) is 9.78. The molecular formula is C28H33N3O3S. The Labute approximate surface area is 208 Å². The molecular weight excluding hydrogens is 458 g/mol. The van der Waals surface area contributed by atoms with Crippen LogP contribution in [0.15, 0.2) is 53.9 Å². The van der Waals surface area contributed by atoms with Crippen LogP contribution in [0.4, 0.5) is 0 Å². The lowest BCUT2D eigenvalue weighted by molar-refractivity contribution is -0.0276. The number of hydrogen-bond acceptors (Lipinski definition) is 5. The van der Waals surface area contributed by atoms with E-state index in [2.05, 4.69) is 47.7 Å². The molecule has 0 bridgehead atoms. The lowest BCUT2D eigenvalue weighted by Gasteiger charge is -2.32. The molecule has 1 saturated heterocycles. The zero-order valence-corrected chi connectivity index (χ0v) is 21.5. The highest BCUT2D eigenvalue weighted by Crippen LogP contribution is 2.37. The van der Waals surface area contributed by atoms with Crippen LogP contribution in [0.5, 0.6) is 0 Å². The molecule has 5 rings (SSSR count). The fraction of sp³-hybridized carbons (Fsp3) is 0.393. The first kappa shape index (κ1) is 24.0. The van der Waals surface area contributed by atoms with Crippen molar-refractivity contribution in [1.82, 2.24) is 14.5 Å². The second kappa shape index (κ2) is 9.72. The highest BCUT2D eigenvalue weighted by molar-refractivity contribution is 7.93. The van der Waals surface area contributed by atoms with Gasteiger partial charge in [0.1, 0.15) is 11.9 Å². The topological polar surface area (TPSA) is 64.4 Å². The summed E-state index contributed by atoms with van der Waals surface area (Å²) in [5.41, 5.74) is 6.50. The van der Waals surface area contributed by atoms with Crippen molar-refractivity contribution >= 4 is 15.9 Å². The molecule has 0 saturated carbocycles. The highest BCUT2D eigenvalue weighted by atomic mass is 32.2. The quantitative estimate of drug-likeness (QED) is 0.521. The Morgan fingerprint density at radius 1 is 1.03 bits per heavy atom. The molecule has 184 valence electrons. The predicted molar refractivity (Wildman–Crippen MR) is 140 cm³/mol. The predicted octanol–water partition coefficient (Wildman–Crippen LogP) is 4.63. The second-order valence-corrected chi connectivity index (χ2v) is 11.7. The maximum Gasteiger partial charge on any atom is 0.168 e. The molecule has 0 amide bonds. The van der Waals surface area contributed by atoms with E-state index in [1.54, 1.807) is 6.08 Å². The number of sulfone groups is 1. The molecule has 3 heterocycles. The lowest BCUT2D eigenvalue weighted by Crippen LogP contribution is -2.35. The molecule has 0 N–H and O–H groups in total. The molecule has 1 atom stereocenters. The summed E-state index contributed by atoms with van der Waals surface area (Å²) in [5.74, 6) is 0.974. The van der Waals surface area contributed by atoms with Gasteiger partial charge in [-0.3, -0.25) is 0 Å². The minimum absolute atomic E-state index is 0.188. The first-order valence-corrected chi connectivity index (χ1v) is 14.2. The number of aromatic nitrogens is 2. The summed E-state index contributed by atoms with van der Waals surface area (Å²) < 4.78 is 32.0. The van der Waals surface area contributed by atoms with Gasteiger partial charge in [-0.15, -0.1) is 0 Å². The fourth-order valence-corrected chi connectivity index (χ4v) is 5.51. The Kier molecular flexibility index (Phi) is 6.66. The van der Waals surface area contributed by atoms with Crippen molar-refractivity contribution in [2.45, 2.75) is 44.9 Å². The third-order valence-electron chi connectivity index (χ3n) is 7.11. The summed E-state index contributed by atoms with van der Waals surface area (Å²) in [6, 6.07) is 16.5. The number of hydrogen-bond donors (Lipinski definition) is 0. The van der Waals surface area contributed by atoms with Crippen molar-refractivity contribution in [3.8, 4) is 11.3 Å². The zero-order valence-electron chi connectivity index (χ0n) is 20.6. The van der Waals surface area contributed by atoms with E-state index >= 15 is 0 Å². The first-order chi connectivity index (χ1) is 16.8. The van der Waals surface area contributed by atoms with Crippen LogP contribution in [-0.4, -0.2) is 55.4 Å². The van der Waals surface area contributed by atoms with Gasteiger partial charge >= 0.3 is 0 Å². The summed E-state index contributed by atoms with van der Waals surface area (Å²) in [7, 11) is -0.987. The molecule has 3 aromatic rings. The SMILES string of the molecule is Cc1c(-c2ccc(C=CS(C)(=O)=O)cc2)nc2n1CCc1ccccc1C2OC1CCN(C)CC1. The minimum atomic E-state index is -3.16. The van der Waals surface area contributed by atoms with Crippen LogP contribution in [-0.2, 0) is 27.5 Å². The monoisotopic (exact) mass is 491 g/mol. The number of rotatable bonds is 5. The van der Waals surface area contributed by atoms with Gasteiger partial charge in [-0.1, -0.05) is 48.5 Å². The number of imidazole rings is 1. The molecule has 1 fully saturated rings. The summed E-state index contributed by atoms with van der Waals surface area (Å²) in [6.07, 6.45) is 5.86. The molecule has 2 aromatic carbocycles. The molecule has 2 aliphatic rings. The van der Waals surface area contributed by atoms with Crippen molar-refractivity contribution in [3.63, 3.8) is 0 Å². The molecule has 2 aliphatic heterocycles. The molecule has 7 heteroatoms. The van der Waals surface area contributed by atoms with Gasteiger partial charge in [0, 0.05) is 42.6 Å². The third-order valence-corrected chi connectivity index (χ3v) is 7.74. The number of ether oxygens (including phenoxy) is 1. The van der Waals surface area contributed by atoms with Crippen LogP contribution < -0.4 is 0 Å². The third kappa shape index (κ3) is 5.27. The maximum absolute atomic E-state index is 11.4. The number of likely N-dealkylation sites (tertiary alicyclic amines) is 1. The highest BCUT2D eigenvalue weighted by Gasteiger charge is 2.32. The normalized spacial score (nSPS) is 19.5. The van der Waals surface area contributed by atoms with Crippen molar-refractivity contribution in [3.05, 3.63) is 82.1 Å². The molecule has 1 aromatic heterocycles. The lowest BCUT2D eigenvalue weighted by atomic mass is 9.99. The zero-order chi connectivity index (χ0) is 24.6. The Hall–Kier alpha value is -2.74. The number of fused-ring (bicyclic) bond motifs is 2. The van der Waals surface area contributed by atoms with Gasteiger partial charge in [-0.05, 0) is 56.0 Å². The van der Waals surface area contributed by atoms with E-state index in [0.29, 0.717) is 0 Å². The molecule has 35 heavy (non-hydrogen) atoms. The standard InChI is InChI=1S/C28H33N3O3S/c1-20-26(23-10-8-21(9-11-23)15-19-35(3,32)33)29-28-27(34-24-13-16-30(2)17-14-24)25-7-5-4-6-22(25)12-18-31(20)28/h4-11,15,19,24,27H,12-14,16-18H2,1-3H3. The van der Waals surface area contributed by atoms with Crippen LogP contribution in [0.1, 0.15) is 47.2 Å². The molecule has 6 nitrogen and oxygen atoms in total. The van der Waals surface area contributed by atoms with Gasteiger partial charge in [-0.25, -0.2) is 13.4 Å². The van der Waals surface area contributed by atoms with Crippen LogP contribution >= 0.6 is 0 Å². The number of nitrogens with zero attached hydrogens (tertiary/aromatic N) is 3. The van der Waals surface area contributed by atoms with Gasteiger partial charge in [0.25, 0.3) is 0 Å². The van der Waals surface area contributed by atoms with Crippen LogP contribution in [0, 0.1) is 6.92 Å². The average Bonchev–Trinajstić information content (AvgIpc) is 3.08. The van der Waals surface area contributed by atoms with E-state index in [1.807, 2.05) is 24.3 Å². The maximum atomic E-state index is 11.4. The van der Waals surface area contributed by atoms with Gasteiger partial charge in [0.05, 0.1) is 11.8 Å². The van der Waals surface area contributed by atoms with Gasteiger partial charge < -0.3 is 14.2 Å². The number of benzene rings is 2. The van der Waals surface area contributed by atoms with E-state index in [4.69, 9.17) is 9.72 Å². The average molecular weight is 492 g/mol. The smallest absolute Gasteiger partial charge is 0.168 e. The van der Waals surface area contributed by atoms with E-state index in [0.717, 1.165) is 67.2 Å². The van der Waals surface area contributed by atoms with Gasteiger partial charge in [0.15, 0.2) is 9.84 Å². The van der Waals surface area contributed by atoms with Gasteiger partial charge in [-0.2, -0.15) is 0 Å². The van der Waals surface area contributed by atoms with Crippen molar-refractivity contribution < 1.29 is 13.2 Å². The summed E-state index contributed by atoms with van der Waals surface area (Å²) in [5, 5.41) is 1.23. The molecule has 0 radical (unpaired) electrons. The summed E-state index contributed by atoms with van der Waals surface area (Å²) in [4.78, 5) is 7.53. The summed E-state index contributed by atoms with van der Waals surface area (Å²) in [6.45, 7) is 5.11.